The zero-order valence-electron chi connectivity index (χ0n) is 19.6. The van der Waals surface area contributed by atoms with Crippen LogP contribution in [0.1, 0.15) is 40.3 Å². The standard InChI is InChI=1S/C22H28N4O6S2/c1-11(2)8-12(13-9-34-21(23)24-13)16(27)25-15-17(28)26-14(6-7-33-18(15)26)19(29)31-10-32-20(30)22(3,4)5/h6,8-9,11,15,18H,7,10H2,1-5H3,(H2,23,24)(H,25,27)/b12-8-/t15-,18-/m1/s1. The molecule has 0 unspecified atom stereocenters. The molecular formula is C22H28N4O6S2. The number of rotatable bonds is 7. The van der Waals surface area contributed by atoms with Crippen LogP contribution in [0.5, 0.6) is 0 Å². The minimum absolute atomic E-state index is 0.0660. The molecule has 2 amide bonds. The van der Waals surface area contributed by atoms with Crippen LogP contribution in [0.2, 0.25) is 0 Å². The van der Waals surface area contributed by atoms with Gasteiger partial charge in [0.25, 0.3) is 11.8 Å². The van der Waals surface area contributed by atoms with E-state index in [4.69, 9.17) is 15.2 Å². The van der Waals surface area contributed by atoms with Gasteiger partial charge in [-0.15, -0.1) is 23.1 Å². The predicted molar refractivity (Wildman–Crippen MR) is 129 cm³/mol. The molecule has 2 aliphatic heterocycles. The maximum Gasteiger partial charge on any atom is 0.357 e. The van der Waals surface area contributed by atoms with Gasteiger partial charge < -0.3 is 20.5 Å². The van der Waals surface area contributed by atoms with Crippen molar-refractivity contribution in [1.82, 2.24) is 15.2 Å². The number of nitrogens with zero attached hydrogens (tertiary/aromatic N) is 2. The number of hydrogen-bond donors (Lipinski definition) is 2. The van der Waals surface area contributed by atoms with E-state index in [1.165, 1.54) is 28.0 Å². The maximum absolute atomic E-state index is 13.0. The lowest BCUT2D eigenvalue weighted by atomic mass is 9.98. The van der Waals surface area contributed by atoms with Crippen LogP contribution in [-0.2, 0) is 28.7 Å². The van der Waals surface area contributed by atoms with E-state index in [1.807, 2.05) is 13.8 Å². The Balaban J connectivity index is 1.64. The summed E-state index contributed by atoms with van der Waals surface area (Å²) < 4.78 is 9.99. The van der Waals surface area contributed by atoms with Gasteiger partial charge in [-0.25, -0.2) is 9.78 Å². The number of β-lactam (4-membered cyclic amide) rings is 1. The van der Waals surface area contributed by atoms with E-state index in [1.54, 1.807) is 38.3 Å². The highest BCUT2D eigenvalue weighted by Crippen LogP contribution is 2.38. The number of nitrogens with two attached hydrogens (primary N) is 1. The number of anilines is 1. The molecule has 0 saturated carbocycles. The highest BCUT2D eigenvalue weighted by atomic mass is 32.2. The molecule has 1 fully saturated rings. The Bertz CT molecular complexity index is 1060. The third kappa shape index (κ3) is 5.61. The average molecular weight is 509 g/mol. The maximum atomic E-state index is 13.0. The molecule has 0 radical (unpaired) electrons. The Hall–Kier alpha value is -2.86. The Morgan fingerprint density at radius 3 is 2.62 bits per heavy atom. The van der Waals surface area contributed by atoms with Gasteiger partial charge in [-0.1, -0.05) is 19.9 Å². The highest BCUT2D eigenvalue weighted by Gasteiger charge is 2.53. The molecule has 2 atom stereocenters. The molecule has 3 heterocycles. The number of esters is 2. The van der Waals surface area contributed by atoms with Crippen molar-refractivity contribution < 1.29 is 28.7 Å². The normalized spacial score (nSPS) is 20.3. The van der Waals surface area contributed by atoms with Gasteiger partial charge in [0.15, 0.2) is 5.13 Å². The van der Waals surface area contributed by atoms with Crippen LogP contribution in [0.4, 0.5) is 5.13 Å². The summed E-state index contributed by atoms with van der Waals surface area (Å²) in [6.07, 6.45) is 3.34. The van der Waals surface area contributed by atoms with Crippen LogP contribution in [0.3, 0.4) is 0 Å². The molecule has 12 heteroatoms. The molecule has 3 N–H and O–H groups in total. The predicted octanol–water partition coefficient (Wildman–Crippen LogP) is 2.14. The first kappa shape index (κ1) is 25.8. The first-order valence-corrected chi connectivity index (χ1v) is 12.6. The van der Waals surface area contributed by atoms with Gasteiger partial charge in [0, 0.05) is 11.1 Å². The number of fused-ring (bicyclic) bond motifs is 1. The number of hydrogen-bond acceptors (Lipinski definition) is 10. The number of carbonyl (C=O) groups is 4. The molecule has 2 aliphatic rings. The molecule has 184 valence electrons. The lowest BCUT2D eigenvalue weighted by Gasteiger charge is -2.48. The van der Waals surface area contributed by atoms with E-state index in [-0.39, 0.29) is 11.6 Å². The van der Waals surface area contributed by atoms with Crippen LogP contribution in [0.25, 0.3) is 5.57 Å². The van der Waals surface area contributed by atoms with Gasteiger partial charge in [0.05, 0.1) is 16.7 Å². The minimum atomic E-state index is -0.806. The number of nitrogen functional groups attached to an aromatic ring is 1. The van der Waals surface area contributed by atoms with Crippen LogP contribution in [-0.4, -0.2) is 57.6 Å². The van der Waals surface area contributed by atoms with Gasteiger partial charge in [0.1, 0.15) is 17.1 Å². The summed E-state index contributed by atoms with van der Waals surface area (Å²) in [5.41, 5.74) is 5.84. The smallest absolute Gasteiger partial charge is 0.357 e. The van der Waals surface area contributed by atoms with Crippen molar-refractivity contribution in [2.45, 2.75) is 46.0 Å². The van der Waals surface area contributed by atoms with E-state index in [0.29, 0.717) is 22.2 Å². The second kappa shape index (κ2) is 10.2. The Labute approximate surface area is 205 Å². The summed E-state index contributed by atoms with van der Waals surface area (Å²) in [5, 5.41) is 4.34. The number of aromatic nitrogens is 1. The van der Waals surface area contributed by atoms with Gasteiger partial charge in [-0.2, -0.15) is 0 Å². The monoisotopic (exact) mass is 508 g/mol. The lowest BCUT2D eigenvalue weighted by Crippen LogP contribution is -2.70. The fourth-order valence-corrected chi connectivity index (χ4v) is 4.96. The van der Waals surface area contributed by atoms with E-state index < -0.39 is 47.4 Å². The largest absolute Gasteiger partial charge is 0.427 e. The number of thiazole rings is 1. The molecule has 1 aromatic rings. The van der Waals surface area contributed by atoms with E-state index in [2.05, 4.69) is 10.3 Å². The molecule has 1 saturated heterocycles. The molecular weight excluding hydrogens is 480 g/mol. The third-order valence-corrected chi connectivity index (χ3v) is 6.73. The second-order valence-corrected chi connectivity index (χ2v) is 11.1. The van der Waals surface area contributed by atoms with Crippen LogP contribution in [0, 0.1) is 11.3 Å². The van der Waals surface area contributed by atoms with Crippen LogP contribution >= 0.6 is 23.1 Å². The topological polar surface area (TPSA) is 141 Å². The molecule has 0 bridgehead atoms. The third-order valence-electron chi connectivity index (χ3n) is 4.88. The number of nitrogens with one attached hydrogen (secondary N) is 1. The number of thioether (sulfide) groups is 1. The number of amides is 2. The fourth-order valence-electron chi connectivity index (χ4n) is 3.20. The lowest BCUT2D eigenvalue weighted by molar-refractivity contribution is -0.173. The van der Waals surface area contributed by atoms with Crippen molar-refractivity contribution in [1.29, 1.82) is 0 Å². The molecule has 0 aliphatic carbocycles. The summed E-state index contributed by atoms with van der Waals surface area (Å²) in [6, 6.07) is -0.806. The molecule has 10 nitrogen and oxygen atoms in total. The van der Waals surface area contributed by atoms with Crippen molar-refractivity contribution >= 4 is 57.6 Å². The second-order valence-electron chi connectivity index (χ2n) is 9.10. The zero-order valence-corrected chi connectivity index (χ0v) is 21.2. The molecule has 0 spiro atoms. The zero-order chi connectivity index (χ0) is 25.2. The quantitative estimate of drug-likeness (QED) is 0.245. The summed E-state index contributed by atoms with van der Waals surface area (Å²) in [6.45, 7) is 8.35. The fraction of sp³-hybridized carbons (Fsp3) is 0.500. The van der Waals surface area contributed by atoms with Gasteiger partial charge >= 0.3 is 11.9 Å². The Morgan fingerprint density at radius 1 is 1.32 bits per heavy atom. The van der Waals surface area contributed by atoms with Crippen molar-refractivity contribution in [3.05, 3.63) is 28.9 Å². The van der Waals surface area contributed by atoms with Crippen molar-refractivity contribution in [2.75, 3.05) is 18.3 Å². The van der Waals surface area contributed by atoms with E-state index in [0.717, 1.165) is 0 Å². The number of allylic oxidation sites excluding steroid dienone is 1. The molecule has 3 rings (SSSR count). The van der Waals surface area contributed by atoms with E-state index in [9.17, 15) is 19.2 Å². The summed E-state index contributed by atoms with van der Waals surface area (Å²) in [7, 11) is 0. The van der Waals surface area contributed by atoms with Crippen molar-refractivity contribution in [2.24, 2.45) is 11.3 Å². The minimum Gasteiger partial charge on any atom is -0.427 e. The Morgan fingerprint density at radius 2 is 2.03 bits per heavy atom. The van der Waals surface area contributed by atoms with Gasteiger partial charge in [-0.3, -0.25) is 19.3 Å². The van der Waals surface area contributed by atoms with E-state index >= 15 is 0 Å². The van der Waals surface area contributed by atoms with Gasteiger partial charge in [0.2, 0.25) is 6.79 Å². The first-order chi connectivity index (χ1) is 15.9. The van der Waals surface area contributed by atoms with Crippen molar-refractivity contribution in [3.8, 4) is 0 Å². The molecule has 1 aromatic heterocycles. The summed E-state index contributed by atoms with van der Waals surface area (Å²) >= 11 is 2.64. The summed E-state index contributed by atoms with van der Waals surface area (Å²) in [4.78, 5) is 55.7. The average Bonchev–Trinajstić information content (AvgIpc) is 3.19. The first-order valence-electron chi connectivity index (χ1n) is 10.6. The number of ether oxygens (including phenoxy) is 2. The number of carbonyl (C=O) groups excluding carboxylic acids is 4. The summed E-state index contributed by atoms with van der Waals surface area (Å²) in [5.74, 6) is -1.64. The molecule has 0 aromatic carbocycles. The highest BCUT2D eigenvalue weighted by molar-refractivity contribution is 8.00. The molecule has 34 heavy (non-hydrogen) atoms. The Kier molecular flexibility index (Phi) is 7.71. The van der Waals surface area contributed by atoms with Crippen molar-refractivity contribution in [3.63, 3.8) is 0 Å². The SMILES string of the molecule is CC(C)/C=C(\C(=O)N[C@@H]1C(=O)N2C(C(=O)OCOC(=O)C(C)(C)C)=CCS[C@H]12)c1csc(N)n1. The van der Waals surface area contributed by atoms with Gasteiger partial charge in [-0.05, 0) is 32.8 Å². The van der Waals surface area contributed by atoms with Crippen LogP contribution in [0.15, 0.2) is 23.2 Å². The van der Waals surface area contributed by atoms with Crippen LogP contribution < -0.4 is 11.1 Å².